The number of ether oxygens (including phenoxy) is 2. The quantitative estimate of drug-likeness (QED) is 0.772. The minimum absolute atomic E-state index is 0.0905. The fraction of sp³-hybridized carbons (Fsp3) is 0.391. The van der Waals surface area contributed by atoms with Gasteiger partial charge in [0.05, 0.1) is 14.2 Å². The Kier molecular flexibility index (Phi) is 7.26. The van der Waals surface area contributed by atoms with E-state index >= 15 is 0 Å². The summed E-state index contributed by atoms with van der Waals surface area (Å²) in [7, 11) is 4.78. The highest BCUT2D eigenvalue weighted by Crippen LogP contribution is 2.23. The van der Waals surface area contributed by atoms with Crippen LogP contribution in [0, 0.1) is 19.8 Å². The van der Waals surface area contributed by atoms with E-state index < -0.39 is 6.04 Å². The SMILES string of the molecule is COc1cc(OC)cc(C(=O)NC(C(=O)N(C)c2cc(C)cc(C)c2)C(C)C)c1. The molecule has 2 aromatic carbocycles. The van der Waals surface area contributed by atoms with E-state index in [-0.39, 0.29) is 17.7 Å². The van der Waals surface area contributed by atoms with Crippen LogP contribution in [0.3, 0.4) is 0 Å². The molecule has 1 N–H and O–H groups in total. The van der Waals surface area contributed by atoms with Crippen LogP contribution in [-0.2, 0) is 4.79 Å². The van der Waals surface area contributed by atoms with Crippen molar-refractivity contribution < 1.29 is 19.1 Å². The molecule has 6 heteroatoms. The number of hydrogen-bond acceptors (Lipinski definition) is 4. The lowest BCUT2D eigenvalue weighted by Crippen LogP contribution is -2.50. The molecular formula is C23H30N2O4. The number of aryl methyl sites for hydroxylation is 2. The molecule has 0 aliphatic rings. The van der Waals surface area contributed by atoms with Gasteiger partial charge in [-0.1, -0.05) is 19.9 Å². The van der Waals surface area contributed by atoms with E-state index in [1.165, 1.54) is 14.2 Å². The molecule has 6 nitrogen and oxygen atoms in total. The summed E-state index contributed by atoms with van der Waals surface area (Å²) >= 11 is 0. The van der Waals surface area contributed by atoms with Crippen molar-refractivity contribution in [1.82, 2.24) is 5.32 Å². The number of likely N-dealkylation sites (N-methyl/N-ethyl adjacent to an activating group) is 1. The second kappa shape index (κ2) is 9.45. The van der Waals surface area contributed by atoms with Gasteiger partial charge in [0.25, 0.3) is 5.91 Å². The maximum Gasteiger partial charge on any atom is 0.252 e. The summed E-state index contributed by atoms with van der Waals surface area (Å²) in [5, 5.41) is 2.87. The van der Waals surface area contributed by atoms with Crippen LogP contribution in [-0.4, -0.2) is 39.1 Å². The van der Waals surface area contributed by atoms with Gasteiger partial charge in [-0.15, -0.1) is 0 Å². The molecule has 0 saturated heterocycles. The number of rotatable bonds is 7. The fourth-order valence-electron chi connectivity index (χ4n) is 3.16. The van der Waals surface area contributed by atoms with E-state index in [1.54, 1.807) is 30.1 Å². The molecule has 0 heterocycles. The third-order valence-corrected chi connectivity index (χ3v) is 4.76. The van der Waals surface area contributed by atoms with E-state index in [0.717, 1.165) is 16.8 Å². The summed E-state index contributed by atoms with van der Waals surface area (Å²) in [6.45, 7) is 7.80. The number of nitrogens with one attached hydrogen (secondary N) is 1. The van der Waals surface area contributed by atoms with Crippen molar-refractivity contribution in [2.45, 2.75) is 33.7 Å². The number of methoxy groups -OCH3 is 2. The average Bonchev–Trinajstić information content (AvgIpc) is 2.69. The molecular weight excluding hydrogens is 368 g/mol. The maximum absolute atomic E-state index is 13.2. The second-order valence-electron chi connectivity index (χ2n) is 7.54. The topological polar surface area (TPSA) is 67.9 Å². The number of benzene rings is 2. The number of anilines is 1. The molecule has 1 atom stereocenters. The molecule has 156 valence electrons. The van der Waals surface area contributed by atoms with Crippen LogP contribution >= 0.6 is 0 Å². The van der Waals surface area contributed by atoms with Crippen molar-refractivity contribution >= 4 is 17.5 Å². The number of nitrogens with zero attached hydrogens (tertiary/aromatic N) is 1. The lowest BCUT2D eigenvalue weighted by Gasteiger charge is -2.27. The van der Waals surface area contributed by atoms with Gasteiger partial charge in [-0.3, -0.25) is 9.59 Å². The van der Waals surface area contributed by atoms with Crippen LogP contribution in [0.2, 0.25) is 0 Å². The first kappa shape index (κ1) is 22.3. The summed E-state index contributed by atoms with van der Waals surface area (Å²) in [6, 6.07) is 10.2. The van der Waals surface area contributed by atoms with Crippen molar-refractivity contribution in [2.24, 2.45) is 5.92 Å². The third-order valence-electron chi connectivity index (χ3n) is 4.76. The predicted octanol–water partition coefficient (Wildman–Crippen LogP) is 3.74. The summed E-state index contributed by atoms with van der Waals surface area (Å²) in [4.78, 5) is 27.7. The molecule has 0 aromatic heterocycles. The maximum atomic E-state index is 13.2. The van der Waals surface area contributed by atoms with Gasteiger partial charge in [0, 0.05) is 24.4 Å². The highest BCUT2D eigenvalue weighted by atomic mass is 16.5. The normalized spacial score (nSPS) is 11.7. The minimum atomic E-state index is -0.675. The molecule has 0 radical (unpaired) electrons. The Morgan fingerprint density at radius 2 is 1.41 bits per heavy atom. The number of carbonyl (C=O) groups excluding carboxylic acids is 2. The molecule has 2 amide bonds. The first-order valence-corrected chi connectivity index (χ1v) is 9.56. The molecule has 2 aromatic rings. The molecule has 0 spiro atoms. The van der Waals surface area contributed by atoms with Crippen LogP contribution in [0.5, 0.6) is 11.5 Å². The van der Waals surface area contributed by atoms with Crippen LogP contribution in [0.25, 0.3) is 0 Å². The van der Waals surface area contributed by atoms with Gasteiger partial charge in [-0.25, -0.2) is 0 Å². The first-order valence-electron chi connectivity index (χ1n) is 9.56. The summed E-state index contributed by atoms with van der Waals surface area (Å²) in [5.74, 6) is 0.396. The van der Waals surface area contributed by atoms with Gasteiger partial charge in [0.1, 0.15) is 17.5 Å². The average molecular weight is 399 g/mol. The van der Waals surface area contributed by atoms with Crippen LogP contribution in [0.1, 0.15) is 35.3 Å². The zero-order chi connectivity index (χ0) is 21.7. The minimum Gasteiger partial charge on any atom is -0.497 e. The van der Waals surface area contributed by atoms with E-state index in [0.29, 0.717) is 17.1 Å². The van der Waals surface area contributed by atoms with Crippen molar-refractivity contribution in [3.8, 4) is 11.5 Å². The Hall–Kier alpha value is -3.02. The lowest BCUT2D eigenvalue weighted by atomic mass is 10.0. The van der Waals surface area contributed by atoms with Crippen molar-refractivity contribution in [3.05, 3.63) is 53.1 Å². The Bertz CT molecular complexity index is 850. The number of carbonyl (C=O) groups is 2. The van der Waals surface area contributed by atoms with E-state index in [4.69, 9.17) is 9.47 Å². The molecule has 0 fully saturated rings. The lowest BCUT2D eigenvalue weighted by molar-refractivity contribution is -0.121. The fourth-order valence-corrected chi connectivity index (χ4v) is 3.16. The molecule has 2 rings (SSSR count). The summed E-state index contributed by atoms with van der Waals surface area (Å²) < 4.78 is 10.5. The van der Waals surface area contributed by atoms with Gasteiger partial charge in [-0.2, -0.15) is 0 Å². The summed E-state index contributed by atoms with van der Waals surface area (Å²) in [6.07, 6.45) is 0. The smallest absolute Gasteiger partial charge is 0.252 e. The Labute approximate surface area is 172 Å². The van der Waals surface area contributed by atoms with Gasteiger partial charge in [0.2, 0.25) is 5.91 Å². The zero-order valence-corrected chi connectivity index (χ0v) is 18.2. The highest BCUT2D eigenvalue weighted by Gasteiger charge is 2.28. The van der Waals surface area contributed by atoms with Crippen molar-refractivity contribution in [2.75, 3.05) is 26.2 Å². The van der Waals surface area contributed by atoms with Crippen molar-refractivity contribution in [1.29, 1.82) is 0 Å². The first-order chi connectivity index (χ1) is 13.7. The molecule has 1 unspecified atom stereocenters. The standard InChI is InChI=1S/C23H30N2O4/c1-14(2)21(23(27)25(5)18-9-15(3)8-16(4)10-18)24-22(26)17-11-19(28-6)13-20(12-17)29-7/h8-14,21H,1-7H3,(H,24,26). The van der Waals surface area contributed by atoms with E-state index in [1.807, 2.05) is 39.8 Å². The van der Waals surface area contributed by atoms with Crippen LogP contribution in [0.15, 0.2) is 36.4 Å². The van der Waals surface area contributed by atoms with Gasteiger partial charge in [-0.05, 0) is 55.2 Å². The molecule has 0 aliphatic carbocycles. The Morgan fingerprint density at radius 3 is 1.86 bits per heavy atom. The van der Waals surface area contributed by atoms with Crippen LogP contribution in [0.4, 0.5) is 5.69 Å². The zero-order valence-electron chi connectivity index (χ0n) is 18.2. The summed E-state index contributed by atoms with van der Waals surface area (Å²) in [5.41, 5.74) is 3.32. The largest absolute Gasteiger partial charge is 0.497 e. The van der Waals surface area contributed by atoms with E-state index in [2.05, 4.69) is 11.4 Å². The predicted molar refractivity (Wildman–Crippen MR) is 115 cm³/mol. The molecule has 29 heavy (non-hydrogen) atoms. The molecule has 0 aliphatic heterocycles. The number of hydrogen-bond donors (Lipinski definition) is 1. The van der Waals surface area contributed by atoms with Gasteiger partial charge in [0.15, 0.2) is 0 Å². The molecule has 0 bridgehead atoms. The highest BCUT2D eigenvalue weighted by molar-refractivity contribution is 6.02. The monoisotopic (exact) mass is 398 g/mol. The Morgan fingerprint density at radius 1 is 0.897 bits per heavy atom. The third kappa shape index (κ3) is 5.50. The second-order valence-corrected chi connectivity index (χ2v) is 7.54. The number of amides is 2. The van der Waals surface area contributed by atoms with Gasteiger partial charge >= 0.3 is 0 Å². The van der Waals surface area contributed by atoms with E-state index in [9.17, 15) is 9.59 Å². The molecule has 0 saturated carbocycles. The van der Waals surface area contributed by atoms with Gasteiger partial charge < -0.3 is 19.7 Å². The van der Waals surface area contributed by atoms with Crippen LogP contribution < -0.4 is 19.7 Å². The Balaban J connectivity index is 2.27. The van der Waals surface area contributed by atoms with Crippen molar-refractivity contribution in [3.63, 3.8) is 0 Å².